The largest absolute Gasteiger partial charge is 0.389 e. The Morgan fingerprint density at radius 3 is 2.56 bits per heavy atom. The van der Waals surface area contributed by atoms with E-state index in [1.807, 2.05) is 11.6 Å². The molecule has 1 unspecified atom stereocenters. The standard InChI is InChI=1S/C14H23BrN2O/c1-5-17-11(12(15)10(2)16-17)9-14(18)8-6-7-13(14,3)4/h18H,5-9H2,1-4H3. The molecule has 3 nitrogen and oxygen atoms in total. The number of halogens is 1. The van der Waals surface area contributed by atoms with Gasteiger partial charge in [-0.15, -0.1) is 0 Å². The van der Waals surface area contributed by atoms with Crippen LogP contribution in [0.2, 0.25) is 0 Å². The molecule has 1 saturated carbocycles. The molecule has 1 atom stereocenters. The second kappa shape index (κ2) is 4.64. The zero-order valence-electron chi connectivity index (χ0n) is 11.8. The molecule has 1 aliphatic carbocycles. The van der Waals surface area contributed by atoms with Gasteiger partial charge in [0.15, 0.2) is 0 Å². The van der Waals surface area contributed by atoms with E-state index in [4.69, 9.17) is 0 Å². The molecule has 0 aliphatic heterocycles. The van der Waals surface area contributed by atoms with Crippen molar-refractivity contribution in [2.45, 2.75) is 65.5 Å². The normalized spacial score (nSPS) is 26.8. The molecule has 0 amide bonds. The second-order valence-corrected chi connectivity index (χ2v) is 6.90. The van der Waals surface area contributed by atoms with E-state index in [1.165, 1.54) is 0 Å². The number of aryl methyl sites for hydroxylation is 2. The zero-order valence-corrected chi connectivity index (χ0v) is 13.3. The van der Waals surface area contributed by atoms with E-state index in [1.54, 1.807) is 0 Å². The molecule has 102 valence electrons. The Morgan fingerprint density at radius 1 is 1.39 bits per heavy atom. The van der Waals surface area contributed by atoms with Gasteiger partial charge in [0, 0.05) is 13.0 Å². The molecule has 1 heterocycles. The molecule has 0 radical (unpaired) electrons. The summed E-state index contributed by atoms with van der Waals surface area (Å²) in [6.07, 6.45) is 3.79. The van der Waals surface area contributed by atoms with Gasteiger partial charge in [-0.1, -0.05) is 13.8 Å². The second-order valence-electron chi connectivity index (χ2n) is 6.11. The highest BCUT2D eigenvalue weighted by molar-refractivity contribution is 9.10. The monoisotopic (exact) mass is 314 g/mol. The van der Waals surface area contributed by atoms with Gasteiger partial charge in [-0.3, -0.25) is 4.68 Å². The highest BCUT2D eigenvalue weighted by Gasteiger charge is 2.48. The topological polar surface area (TPSA) is 38.0 Å². The lowest BCUT2D eigenvalue weighted by Crippen LogP contribution is -2.42. The van der Waals surface area contributed by atoms with Crippen molar-refractivity contribution >= 4 is 15.9 Å². The predicted octanol–water partition coefficient (Wildman–Crippen LogP) is 3.46. The van der Waals surface area contributed by atoms with Crippen LogP contribution in [0.5, 0.6) is 0 Å². The van der Waals surface area contributed by atoms with E-state index in [2.05, 4.69) is 41.8 Å². The van der Waals surface area contributed by atoms with Crippen molar-refractivity contribution in [2.75, 3.05) is 0 Å². The molecular weight excluding hydrogens is 292 g/mol. The molecule has 0 spiro atoms. The lowest BCUT2D eigenvalue weighted by molar-refractivity contribution is -0.0435. The first-order chi connectivity index (χ1) is 8.31. The van der Waals surface area contributed by atoms with Crippen molar-refractivity contribution in [3.05, 3.63) is 15.9 Å². The maximum Gasteiger partial charge on any atom is 0.0753 e. The van der Waals surface area contributed by atoms with Gasteiger partial charge >= 0.3 is 0 Å². The Morgan fingerprint density at radius 2 is 2.06 bits per heavy atom. The lowest BCUT2D eigenvalue weighted by Gasteiger charge is -2.37. The minimum absolute atomic E-state index is 0.0107. The lowest BCUT2D eigenvalue weighted by atomic mass is 9.75. The van der Waals surface area contributed by atoms with Gasteiger partial charge in [0.05, 0.1) is 21.5 Å². The number of rotatable bonds is 3. The summed E-state index contributed by atoms with van der Waals surface area (Å²) in [5, 5.41) is 15.5. The molecule has 4 heteroatoms. The highest BCUT2D eigenvalue weighted by Crippen LogP contribution is 2.48. The highest BCUT2D eigenvalue weighted by atomic mass is 79.9. The van der Waals surface area contributed by atoms with Gasteiger partial charge in [-0.05, 0) is 54.5 Å². The van der Waals surface area contributed by atoms with Crippen molar-refractivity contribution in [3.8, 4) is 0 Å². The van der Waals surface area contributed by atoms with Crippen molar-refractivity contribution in [1.82, 2.24) is 9.78 Å². The van der Waals surface area contributed by atoms with E-state index >= 15 is 0 Å². The van der Waals surface area contributed by atoms with Crippen LogP contribution in [0.1, 0.15) is 51.4 Å². The third-order valence-corrected chi connectivity index (χ3v) is 5.60. The summed E-state index contributed by atoms with van der Waals surface area (Å²) in [7, 11) is 0. The van der Waals surface area contributed by atoms with Crippen LogP contribution in [0.15, 0.2) is 4.47 Å². The number of nitrogens with zero attached hydrogens (tertiary/aromatic N) is 2. The van der Waals surface area contributed by atoms with Crippen LogP contribution in [-0.4, -0.2) is 20.5 Å². The SMILES string of the molecule is CCn1nc(C)c(Br)c1CC1(O)CCCC1(C)C. The van der Waals surface area contributed by atoms with Crippen molar-refractivity contribution in [2.24, 2.45) is 5.41 Å². The molecule has 1 aromatic rings. The van der Waals surface area contributed by atoms with Gasteiger partial charge in [0.2, 0.25) is 0 Å². The summed E-state index contributed by atoms with van der Waals surface area (Å²) >= 11 is 3.62. The van der Waals surface area contributed by atoms with E-state index in [9.17, 15) is 5.11 Å². The first kappa shape index (κ1) is 14.1. The molecule has 0 bridgehead atoms. The minimum Gasteiger partial charge on any atom is -0.389 e. The average Bonchev–Trinajstić information content (AvgIpc) is 2.70. The van der Waals surface area contributed by atoms with Crippen LogP contribution < -0.4 is 0 Å². The van der Waals surface area contributed by atoms with Crippen LogP contribution in [-0.2, 0) is 13.0 Å². The van der Waals surface area contributed by atoms with Gasteiger partial charge in [0.1, 0.15) is 0 Å². The van der Waals surface area contributed by atoms with E-state index < -0.39 is 5.60 Å². The molecule has 1 N–H and O–H groups in total. The van der Waals surface area contributed by atoms with Crippen molar-refractivity contribution < 1.29 is 5.11 Å². The van der Waals surface area contributed by atoms with Gasteiger partial charge < -0.3 is 5.11 Å². The van der Waals surface area contributed by atoms with E-state index in [-0.39, 0.29) is 5.41 Å². The molecule has 2 rings (SSSR count). The summed E-state index contributed by atoms with van der Waals surface area (Å²) in [4.78, 5) is 0. The number of aliphatic hydroxyl groups is 1. The van der Waals surface area contributed by atoms with Crippen LogP contribution in [0.4, 0.5) is 0 Å². The number of hydrogen-bond donors (Lipinski definition) is 1. The van der Waals surface area contributed by atoms with Crippen LogP contribution in [0.25, 0.3) is 0 Å². The fourth-order valence-corrected chi connectivity index (χ4v) is 3.46. The van der Waals surface area contributed by atoms with Crippen LogP contribution >= 0.6 is 15.9 Å². The molecule has 1 aromatic heterocycles. The maximum absolute atomic E-state index is 11.0. The summed E-state index contributed by atoms with van der Waals surface area (Å²) in [5.41, 5.74) is 1.52. The van der Waals surface area contributed by atoms with E-state index in [0.29, 0.717) is 6.42 Å². The Kier molecular flexibility index (Phi) is 3.63. The van der Waals surface area contributed by atoms with Gasteiger partial charge in [-0.2, -0.15) is 5.10 Å². The quantitative estimate of drug-likeness (QED) is 0.927. The van der Waals surface area contributed by atoms with E-state index in [0.717, 1.165) is 41.7 Å². The fraction of sp³-hybridized carbons (Fsp3) is 0.786. The Hall–Kier alpha value is -0.350. The van der Waals surface area contributed by atoms with Crippen molar-refractivity contribution in [3.63, 3.8) is 0 Å². The summed E-state index contributed by atoms with van der Waals surface area (Å²) in [6.45, 7) is 9.29. The van der Waals surface area contributed by atoms with Crippen LogP contribution in [0.3, 0.4) is 0 Å². The summed E-state index contributed by atoms with van der Waals surface area (Å²) in [5.74, 6) is 0. The molecule has 18 heavy (non-hydrogen) atoms. The van der Waals surface area contributed by atoms with Crippen LogP contribution in [0, 0.1) is 12.3 Å². The van der Waals surface area contributed by atoms with Crippen molar-refractivity contribution in [1.29, 1.82) is 0 Å². The summed E-state index contributed by atoms with van der Waals surface area (Å²) in [6, 6.07) is 0. The molecule has 0 aromatic carbocycles. The third kappa shape index (κ3) is 2.14. The number of aromatic nitrogens is 2. The average molecular weight is 315 g/mol. The third-order valence-electron chi connectivity index (χ3n) is 4.56. The first-order valence-corrected chi connectivity index (χ1v) is 7.54. The Labute approximate surface area is 118 Å². The van der Waals surface area contributed by atoms with Gasteiger partial charge in [0.25, 0.3) is 0 Å². The first-order valence-electron chi connectivity index (χ1n) is 6.75. The molecule has 1 aliphatic rings. The smallest absolute Gasteiger partial charge is 0.0753 e. The molecular formula is C14H23BrN2O. The van der Waals surface area contributed by atoms with Gasteiger partial charge in [-0.25, -0.2) is 0 Å². The Bertz CT molecular complexity index is 453. The molecule has 1 fully saturated rings. The maximum atomic E-state index is 11.0. The summed E-state index contributed by atoms with van der Waals surface area (Å²) < 4.78 is 3.06. The Balaban J connectivity index is 2.34. The predicted molar refractivity (Wildman–Crippen MR) is 76.6 cm³/mol. The minimum atomic E-state index is -0.602. The number of hydrogen-bond acceptors (Lipinski definition) is 2. The molecule has 0 saturated heterocycles. The fourth-order valence-electron chi connectivity index (χ4n) is 3.04. The zero-order chi connectivity index (χ0) is 13.6.